The van der Waals surface area contributed by atoms with Crippen molar-refractivity contribution in [2.75, 3.05) is 37.7 Å². The number of nitrogens with zero attached hydrogens (tertiary/aromatic N) is 4. The molecule has 1 fully saturated rings. The van der Waals surface area contributed by atoms with Gasteiger partial charge in [0.2, 0.25) is 5.91 Å². The summed E-state index contributed by atoms with van der Waals surface area (Å²) in [7, 11) is 0. The fourth-order valence-electron chi connectivity index (χ4n) is 3.06. The van der Waals surface area contributed by atoms with Gasteiger partial charge in [0.1, 0.15) is 17.8 Å². The van der Waals surface area contributed by atoms with Gasteiger partial charge in [0, 0.05) is 43.9 Å². The molecule has 0 aliphatic carbocycles. The van der Waals surface area contributed by atoms with Crippen LogP contribution in [0.3, 0.4) is 0 Å². The van der Waals surface area contributed by atoms with E-state index in [0.29, 0.717) is 38.6 Å². The topological polar surface area (TPSA) is 88.8 Å². The van der Waals surface area contributed by atoms with Crippen LogP contribution in [0.25, 0.3) is 6.08 Å². The van der Waals surface area contributed by atoms with Crippen molar-refractivity contribution in [2.24, 2.45) is 0 Å². The molecule has 0 radical (unpaired) electrons. The number of carbonyl (C=O) groups is 1. The van der Waals surface area contributed by atoms with Crippen molar-refractivity contribution in [3.05, 3.63) is 64.3 Å². The average molecular weight is 396 g/mol. The molecule has 0 N–H and O–H groups in total. The smallest absolute Gasteiger partial charge is 0.287 e. The molecular formula is C21H24N4O4. The lowest BCUT2D eigenvalue weighted by atomic mass is 10.2. The molecule has 2 heterocycles. The minimum atomic E-state index is -0.467. The van der Waals surface area contributed by atoms with E-state index in [0.717, 1.165) is 17.7 Å². The van der Waals surface area contributed by atoms with Gasteiger partial charge in [0.15, 0.2) is 0 Å². The summed E-state index contributed by atoms with van der Waals surface area (Å²) in [6.45, 7) is 5.07. The van der Waals surface area contributed by atoms with E-state index in [9.17, 15) is 14.9 Å². The van der Waals surface area contributed by atoms with Gasteiger partial charge in [0.05, 0.1) is 11.5 Å². The summed E-state index contributed by atoms with van der Waals surface area (Å²) in [5, 5.41) is 10.7. The van der Waals surface area contributed by atoms with Gasteiger partial charge in [-0.15, -0.1) is 0 Å². The first-order valence-electron chi connectivity index (χ1n) is 9.62. The number of ether oxygens (including phenoxy) is 1. The number of pyridine rings is 1. The largest absolute Gasteiger partial charge is 0.493 e. The Balaban J connectivity index is 1.56. The summed E-state index contributed by atoms with van der Waals surface area (Å²) in [5.41, 5.74) is 0.846. The number of rotatable bonds is 7. The summed E-state index contributed by atoms with van der Waals surface area (Å²) in [5.74, 6) is 1.40. The number of piperazine rings is 1. The Morgan fingerprint density at radius 3 is 2.62 bits per heavy atom. The molecule has 152 valence electrons. The van der Waals surface area contributed by atoms with E-state index in [1.807, 2.05) is 36.1 Å². The number of carbonyl (C=O) groups excluding carboxylic acids is 1. The van der Waals surface area contributed by atoms with Crippen molar-refractivity contribution >= 4 is 23.5 Å². The Hall–Kier alpha value is -3.42. The van der Waals surface area contributed by atoms with Gasteiger partial charge in [-0.25, -0.2) is 4.98 Å². The Kier molecular flexibility index (Phi) is 6.78. The van der Waals surface area contributed by atoms with Crippen molar-refractivity contribution in [3.8, 4) is 5.75 Å². The van der Waals surface area contributed by atoms with Gasteiger partial charge >= 0.3 is 0 Å². The van der Waals surface area contributed by atoms with E-state index in [1.165, 1.54) is 12.3 Å². The van der Waals surface area contributed by atoms with Crippen LogP contribution < -0.4 is 9.64 Å². The zero-order valence-electron chi connectivity index (χ0n) is 16.4. The maximum atomic E-state index is 12.5. The molecule has 1 aliphatic rings. The molecule has 1 aromatic carbocycles. The second kappa shape index (κ2) is 9.68. The SMILES string of the molecule is CCCOc1ccccc1/C=C/C(=O)N1CCN(c2ccc([N+](=O)[O-])cn2)CC1. The lowest BCUT2D eigenvalue weighted by Gasteiger charge is -2.34. The molecule has 3 rings (SSSR count). The van der Waals surface area contributed by atoms with Gasteiger partial charge in [-0.2, -0.15) is 0 Å². The first kappa shape index (κ1) is 20.3. The zero-order valence-corrected chi connectivity index (χ0v) is 16.4. The van der Waals surface area contributed by atoms with Crippen LogP contribution in [0.1, 0.15) is 18.9 Å². The lowest BCUT2D eigenvalue weighted by molar-refractivity contribution is -0.385. The van der Waals surface area contributed by atoms with Gasteiger partial charge in [0.25, 0.3) is 5.69 Å². The molecule has 0 unspecified atom stereocenters. The molecule has 0 bridgehead atoms. The Bertz CT molecular complexity index is 875. The van der Waals surface area contributed by atoms with Crippen LogP contribution in [0.15, 0.2) is 48.7 Å². The van der Waals surface area contributed by atoms with Gasteiger partial charge in [-0.3, -0.25) is 14.9 Å². The van der Waals surface area contributed by atoms with Crippen LogP contribution in [-0.4, -0.2) is 53.5 Å². The van der Waals surface area contributed by atoms with Crippen LogP contribution in [0.5, 0.6) is 5.75 Å². The minimum absolute atomic E-state index is 0.0316. The number of anilines is 1. The molecule has 1 saturated heterocycles. The molecule has 0 spiro atoms. The van der Waals surface area contributed by atoms with E-state index in [-0.39, 0.29) is 11.6 Å². The summed E-state index contributed by atoms with van der Waals surface area (Å²) in [4.78, 5) is 30.8. The van der Waals surface area contributed by atoms with Crippen molar-refractivity contribution in [1.82, 2.24) is 9.88 Å². The van der Waals surface area contributed by atoms with Crippen molar-refractivity contribution in [3.63, 3.8) is 0 Å². The molecule has 0 atom stereocenters. The minimum Gasteiger partial charge on any atom is -0.493 e. The highest BCUT2D eigenvalue weighted by Gasteiger charge is 2.21. The van der Waals surface area contributed by atoms with Crippen LogP contribution in [0, 0.1) is 10.1 Å². The van der Waals surface area contributed by atoms with E-state index in [1.54, 1.807) is 23.1 Å². The highest BCUT2D eigenvalue weighted by atomic mass is 16.6. The van der Waals surface area contributed by atoms with E-state index >= 15 is 0 Å². The number of hydrogen-bond donors (Lipinski definition) is 0. The number of benzene rings is 1. The highest BCUT2D eigenvalue weighted by molar-refractivity contribution is 5.92. The zero-order chi connectivity index (χ0) is 20.6. The lowest BCUT2D eigenvalue weighted by Crippen LogP contribution is -2.48. The molecule has 1 aliphatic heterocycles. The summed E-state index contributed by atoms with van der Waals surface area (Å²) in [6, 6.07) is 10.7. The van der Waals surface area contributed by atoms with Gasteiger partial charge in [-0.1, -0.05) is 25.1 Å². The normalized spacial score (nSPS) is 14.2. The van der Waals surface area contributed by atoms with Gasteiger partial charge < -0.3 is 14.5 Å². The Labute approximate surface area is 169 Å². The second-order valence-corrected chi connectivity index (χ2v) is 6.66. The average Bonchev–Trinajstić information content (AvgIpc) is 2.76. The number of hydrogen-bond acceptors (Lipinski definition) is 6. The predicted octanol–water partition coefficient (Wildman–Crippen LogP) is 3.14. The van der Waals surface area contributed by atoms with Crippen molar-refractivity contribution in [1.29, 1.82) is 0 Å². The first-order valence-corrected chi connectivity index (χ1v) is 9.62. The second-order valence-electron chi connectivity index (χ2n) is 6.66. The molecule has 1 aromatic heterocycles. The standard InChI is InChI=1S/C21H24N4O4/c1-2-15-29-19-6-4-3-5-17(19)7-10-21(26)24-13-11-23(12-14-24)20-9-8-18(16-22-20)25(27)28/h3-10,16H,2,11-15H2,1H3/b10-7+. The monoisotopic (exact) mass is 396 g/mol. The number of aromatic nitrogens is 1. The van der Waals surface area contributed by atoms with Crippen LogP contribution >= 0.6 is 0 Å². The molecule has 1 amide bonds. The summed E-state index contributed by atoms with van der Waals surface area (Å²) in [6.07, 6.45) is 5.55. The quantitative estimate of drug-likeness (QED) is 0.406. The summed E-state index contributed by atoms with van der Waals surface area (Å²) < 4.78 is 5.72. The molecule has 29 heavy (non-hydrogen) atoms. The maximum absolute atomic E-state index is 12.5. The van der Waals surface area contributed by atoms with Crippen LogP contribution in [0.2, 0.25) is 0 Å². The fraction of sp³-hybridized carbons (Fsp3) is 0.333. The van der Waals surface area contributed by atoms with E-state index < -0.39 is 4.92 Å². The third-order valence-electron chi connectivity index (χ3n) is 4.64. The number of para-hydroxylation sites is 1. The number of amides is 1. The fourth-order valence-corrected chi connectivity index (χ4v) is 3.06. The Morgan fingerprint density at radius 2 is 1.97 bits per heavy atom. The summed E-state index contributed by atoms with van der Waals surface area (Å²) >= 11 is 0. The molecule has 2 aromatic rings. The first-order chi connectivity index (χ1) is 14.1. The third-order valence-corrected chi connectivity index (χ3v) is 4.64. The molecular weight excluding hydrogens is 372 g/mol. The van der Waals surface area contributed by atoms with Gasteiger partial charge in [-0.05, 0) is 24.6 Å². The Morgan fingerprint density at radius 1 is 1.21 bits per heavy atom. The van der Waals surface area contributed by atoms with Crippen LogP contribution in [-0.2, 0) is 4.79 Å². The van der Waals surface area contributed by atoms with Crippen molar-refractivity contribution in [2.45, 2.75) is 13.3 Å². The predicted molar refractivity (Wildman–Crippen MR) is 111 cm³/mol. The third kappa shape index (κ3) is 5.31. The molecule has 8 heteroatoms. The van der Waals surface area contributed by atoms with E-state index in [4.69, 9.17) is 4.74 Å². The van der Waals surface area contributed by atoms with Crippen molar-refractivity contribution < 1.29 is 14.5 Å². The molecule has 8 nitrogen and oxygen atoms in total. The number of nitro groups is 1. The molecule has 0 saturated carbocycles. The highest BCUT2D eigenvalue weighted by Crippen LogP contribution is 2.20. The maximum Gasteiger partial charge on any atom is 0.287 e. The van der Waals surface area contributed by atoms with Crippen LogP contribution in [0.4, 0.5) is 11.5 Å². The van der Waals surface area contributed by atoms with E-state index in [2.05, 4.69) is 4.98 Å².